The van der Waals surface area contributed by atoms with Gasteiger partial charge in [-0.25, -0.2) is 0 Å². The monoisotopic (exact) mass is 268 g/mol. The molecule has 0 bridgehead atoms. The van der Waals surface area contributed by atoms with Crippen LogP contribution in [-0.4, -0.2) is 25.6 Å². The van der Waals surface area contributed by atoms with Crippen molar-refractivity contribution < 1.29 is 9.53 Å². The smallest absolute Gasteiger partial charge is 0.237 e. The highest BCUT2D eigenvalue weighted by atomic mass is 35.5. The molecule has 2 rings (SSSR count). The molecule has 1 heterocycles. The van der Waals surface area contributed by atoms with Gasteiger partial charge in [0.15, 0.2) is 0 Å². The Balaban J connectivity index is 1.91. The minimum Gasteiger partial charge on any atom is -0.497 e. The standard InChI is InChI=1S/C13H17ClN2O2/c1-18-10-5-4-9(11(14)7-10)8-16-13(17)12-3-2-6-15-12/h4-5,7,12,15H,2-3,6,8H2,1H3,(H,16,17). The van der Waals surface area contributed by atoms with E-state index in [1.807, 2.05) is 12.1 Å². The van der Waals surface area contributed by atoms with Crippen LogP contribution in [0.25, 0.3) is 0 Å². The number of hydrogen-bond donors (Lipinski definition) is 2. The van der Waals surface area contributed by atoms with Crippen molar-refractivity contribution in [1.29, 1.82) is 0 Å². The van der Waals surface area contributed by atoms with Crippen molar-refractivity contribution in [2.45, 2.75) is 25.4 Å². The summed E-state index contributed by atoms with van der Waals surface area (Å²) in [5, 5.41) is 6.66. The molecule has 1 atom stereocenters. The van der Waals surface area contributed by atoms with Gasteiger partial charge < -0.3 is 15.4 Å². The zero-order valence-electron chi connectivity index (χ0n) is 10.3. The number of carbonyl (C=O) groups is 1. The minimum atomic E-state index is -0.0537. The van der Waals surface area contributed by atoms with Crippen LogP contribution in [0, 0.1) is 0 Å². The summed E-state index contributed by atoms with van der Waals surface area (Å²) in [7, 11) is 1.60. The minimum absolute atomic E-state index is 0.0411. The lowest BCUT2D eigenvalue weighted by molar-refractivity contribution is -0.122. The molecule has 98 valence electrons. The molecule has 1 aromatic rings. The van der Waals surface area contributed by atoms with Gasteiger partial charge in [0.2, 0.25) is 5.91 Å². The lowest BCUT2D eigenvalue weighted by Gasteiger charge is -2.12. The molecule has 1 saturated heterocycles. The van der Waals surface area contributed by atoms with Gasteiger partial charge in [0.05, 0.1) is 13.2 Å². The number of rotatable bonds is 4. The van der Waals surface area contributed by atoms with E-state index in [1.54, 1.807) is 13.2 Å². The summed E-state index contributed by atoms with van der Waals surface area (Å²) in [4.78, 5) is 11.8. The molecule has 0 saturated carbocycles. The first-order valence-electron chi connectivity index (χ1n) is 6.04. The van der Waals surface area contributed by atoms with Gasteiger partial charge in [0.25, 0.3) is 0 Å². The Bertz CT molecular complexity index is 431. The van der Waals surface area contributed by atoms with Crippen molar-refractivity contribution in [3.8, 4) is 5.75 Å². The fourth-order valence-electron chi connectivity index (χ4n) is 2.01. The second-order valence-corrected chi connectivity index (χ2v) is 4.73. The van der Waals surface area contributed by atoms with Gasteiger partial charge >= 0.3 is 0 Å². The van der Waals surface area contributed by atoms with Crippen molar-refractivity contribution in [3.63, 3.8) is 0 Å². The summed E-state index contributed by atoms with van der Waals surface area (Å²) in [5.74, 6) is 0.756. The lowest BCUT2D eigenvalue weighted by atomic mass is 10.2. The predicted octanol–water partition coefficient (Wildman–Crippen LogP) is 1.72. The normalized spacial score (nSPS) is 18.7. The Morgan fingerprint density at radius 3 is 3.06 bits per heavy atom. The SMILES string of the molecule is COc1ccc(CNC(=O)C2CCCN2)c(Cl)c1. The number of nitrogens with one attached hydrogen (secondary N) is 2. The van der Waals surface area contributed by atoms with Crippen LogP contribution in [0.3, 0.4) is 0 Å². The van der Waals surface area contributed by atoms with E-state index in [2.05, 4.69) is 10.6 Å². The largest absolute Gasteiger partial charge is 0.497 e. The molecule has 1 aliphatic heterocycles. The summed E-state index contributed by atoms with van der Waals surface area (Å²) in [6.07, 6.45) is 1.96. The highest BCUT2D eigenvalue weighted by Crippen LogP contribution is 2.22. The molecule has 2 N–H and O–H groups in total. The summed E-state index contributed by atoms with van der Waals surface area (Å²) >= 11 is 6.10. The molecule has 1 aliphatic rings. The topological polar surface area (TPSA) is 50.4 Å². The van der Waals surface area contributed by atoms with Gasteiger partial charge in [-0.1, -0.05) is 17.7 Å². The van der Waals surface area contributed by atoms with Crippen molar-refractivity contribution >= 4 is 17.5 Å². The highest BCUT2D eigenvalue weighted by Gasteiger charge is 2.21. The van der Waals surface area contributed by atoms with E-state index < -0.39 is 0 Å². The van der Waals surface area contributed by atoms with Crippen LogP contribution in [0.1, 0.15) is 18.4 Å². The molecule has 1 fully saturated rings. The predicted molar refractivity (Wildman–Crippen MR) is 70.9 cm³/mol. The number of amides is 1. The Hall–Kier alpha value is -1.26. The van der Waals surface area contributed by atoms with Crippen LogP contribution < -0.4 is 15.4 Å². The van der Waals surface area contributed by atoms with Gasteiger partial charge in [-0.3, -0.25) is 4.79 Å². The van der Waals surface area contributed by atoms with Crippen LogP contribution >= 0.6 is 11.6 Å². The molecule has 1 unspecified atom stereocenters. The Labute approximate surface area is 112 Å². The van der Waals surface area contributed by atoms with E-state index in [1.165, 1.54) is 0 Å². The Morgan fingerprint density at radius 2 is 2.44 bits per heavy atom. The van der Waals surface area contributed by atoms with Crippen molar-refractivity contribution in [2.24, 2.45) is 0 Å². The quantitative estimate of drug-likeness (QED) is 0.874. The van der Waals surface area contributed by atoms with Gasteiger partial charge in [0.1, 0.15) is 5.75 Å². The molecule has 0 aromatic heterocycles. The number of hydrogen-bond acceptors (Lipinski definition) is 3. The number of benzene rings is 1. The van der Waals surface area contributed by atoms with E-state index in [0.29, 0.717) is 17.3 Å². The molecule has 0 aliphatic carbocycles. The maximum Gasteiger partial charge on any atom is 0.237 e. The van der Waals surface area contributed by atoms with E-state index in [9.17, 15) is 4.79 Å². The van der Waals surface area contributed by atoms with Crippen LogP contribution in [0.5, 0.6) is 5.75 Å². The maximum absolute atomic E-state index is 11.8. The maximum atomic E-state index is 11.8. The number of ether oxygens (including phenoxy) is 1. The Morgan fingerprint density at radius 1 is 1.61 bits per heavy atom. The van der Waals surface area contributed by atoms with E-state index in [0.717, 1.165) is 24.9 Å². The van der Waals surface area contributed by atoms with E-state index in [-0.39, 0.29) is 11.9 Å². The average molecular weight is 269 g/mol. The van der Waals surface area contributed by atoms with Gasteiger partial charge in [-0.15, -0.1) is 0 Å². The third-order valence-corrected chi connectivity index (χ3v) is 3.44. The molecule has 1 aromatic carbocycles. The fraction of sp³-hybridized carbons (Fsp3) is 0.462. The first kappa shape index (κ1) is 13.2. The van der Waals surface area contributed by atoms with Crippen molar-refractivity contribution in [1.82, 2.24) is 10.6 Å². The van der Waals surface area contributed by atoms with Gasteiger partial charge in [-0.05, 0) is 37.1 Å². The molecule has 4 nitrogen and oxygen atoms in total. The van der Waals surface area contributed by atoms with E-state index >= 15 is 0 Å². The van der Waals surface area contributed by atoms with Crippen LogP contribution in [0.15, 0.2) is 18.2 Å². The van der Waals surface area contributed by atoms with Crippen LogP contribution in [0.2, 0.25) is 5.02 Å². The molecule has 5 heteroatoms. The molecular weight excluding hydrogens is 252 g/mol. The number of methoxy groups -OCH3 is 1. The second kappa shape index (κ2) is 6.07. The molecule has 18 heavy (non-hydrogen) atoms. The zero-order valence-corrected chi connectivity index (χ0v) is 11.1. The number of carbonyl (C=O) groups excluding carboxylic acids is 1. The third kappa shape index (κ3) is 3.15. The van der Waals surface area contributed by atoms with Gasteiger partial charge in [-0.2, -0.15) is 0 Å². The van der Waals surface area contributed by atoms with E-state index in [4.69, 9.17) is 16.3 Å². The van der Waals surface area contributed by atoms with Crippen molar-refractivity contribution in [2.75, 3.05) is 13.7 Å². The Kier molecular flexibility index (Phi) is 4.44. The molecule has 0 radical (unpaired) electrons. The third-order valence-electron chi connectivity index (χ3n) is 3.09. The van der Waals surface area contributed by atoms with Crippen LogP contribution in [-0.2, 0) is 11.3 Å². The zero-order chi connectivity index (χ0) is 13.0. The van der Waals surface area contributed by atoms with Crippen LogP contribution in [0.4, 0.5) is 0 Å². The summed E-state index contributed by atoms with van der Waals surface area (Å²) in [5.41, 5.74) is 0.892. The molecule has 1 amide bonds. The number of halogens is 1. The first-order chi connectivity index (χ1) is 8.70. The summed E-state index contributed by atoms with van der Waals surface area (Å²) in [6.45, 7) is 1.36. The summed E-state index contributed by atoms with van der Waals surface area (Å²) in [6, 6.07) is 5.39. The fourth-order valence-corrected chi connectivity index (χ4v) is 2.25. The van der Waals surface area contributed by atoms with Crippen molar-refractivity contribution in [3.05, 3.63) is 28.8 Å². The highest BCUT2D eigenvalue weighted by molar-refractivity contribution is 6.31. The second-order valence-electron chi connectivity index (χ2n) is 4.32. The van der Waals surface area contributed by atoms with Gasteiger partial charge in [0, 0.05) is 11.6 Å². The molecule has 0 spiro atoms. The lowest BCUT2D eigenvalue weighted by Crippen LogP contribution is -2.40. The molecular formula is C13H17ClN2O2. The average Bonchev–Trinajstić information content (AvgIpc) is 2.90. The first-order valence-corrected chi connectivity index (χ1v) is 6.42. The summed E-state index contributed by atoms with van der Waals surface area (Å²) < 4.78 is 5.08.